The molecule has 0 atom stereocenters. The van der Waals surface area contributed by atoms with E-state index in [1.54, 1.807) is 31.4 Å². The number of methoxy groups -OCH3 is 1. The zero-order chi connectivity index (χ0) is 11.5. The van der Waals surface area contributed by atoms with E-state index in [0.29, 0.717) is 5.69 Å². The van der Waals surface area contributed by atoms with Crippen LogP contribution in [-0.2, 0) is 0 Å². The minimum absolute atomic E-state index is 0.0881. The molecule has 0 fully saturated rings. The van der Waals surface area contributed by atoms with Crippen molar-refractivity contribution in [1.29, 1.82) is 0 Å². The molecule has 0 aliphatic heterocycles. The fourth-order valence-electron chi connectivity index (χ4n) is 1.43. The van der Waals surface area contributed by atoms with E-state index in [4.69, 9.17) is 9.84 Å². The monoisotopic (exact) mass is 218 g/mol. The first-order chi connectivity index (χ1) is 7.72. The fourth-order valence-corrected chi connectivity index (χ4v) is 1.43. The van der Waals surface area contributed by atoms with E-state index >= 15 is 0 Å². The third-order valence-electron chi connectivity index (χ3n) is 2.22. The lowest BCUT2D eigenvalue weighted by molar-refractivity contribution is 0.0692. The molecule has 0 aliphatic rings. The first-order valence-electron chi connectivity index (χ1n) is 4.63. The number of H-pyrrole nitrogens is 1. The lowest BCUT2D eigenvalue weighted by Gasteiger charge is -2.01. The van der Waals surface area contributed by atoms with Crippen LogP contribution in [-0.4, -0.2) is 28.2 Å². The lowest BCUT2D eigenvalue weighted by Crippen LogP contribution is -1.99. The summed E-state index contributed by atoms with van der Waals surface area (Å²) in [5.74, 6) is -0.306. The van der Waals surface area contributed by atoms with Crippen LogP contribution in [0.2, 0.25) is 0 Å². The zero-order valence-electron chi connectivity index (χ0n) is 8.60. The molecule has 2 rings (SSSR count). The summed E-state index contributed by atoms with van der Waals surface area (Å²) >= 11 is 0. The highest BCUT2D eigenvalue weighted by atomic mass is 16.5. The Hall–Kier alpha value is -2.30. The number of ether oxygens (including phenoxy) is 1. The van der Waals surface area contributed by atoms with E-state index < -0.39 is 5.97 Å². The maximum absolute atomic E-state index is 10.9. The third kappa shape index (κ3) is 1.75. The number of imidazole rings is 1. The van der Waals surface area contributed by atoms with E-state index in [1.807, 2.05) is 0 Å². The number of hydrogen-bond donors (Lipinski definition) is 2. The summed E-state index contributed by atoms with van der Waals surface area (Å²) in [5.41, 5.74) is 1.25. The van der Waals surface area contributed by atoms with Gasteiger partial charge in [-0.15, -0.1) is 0 Å². The van der Waals surface area contributed by atoms with Crippen LogP contribution >= 0.6 is 0 Å². The molecule has 0 radical (unpaired) electrons. The van der Waals surface area contributed by atoms with Gasteiger partial charge in [0, 0.05) is 5.56 Å². The molecule has 5 nitrogen and oxygen atoms in total. The van der Waals surface area contributed by atoms with Crippen molar-refractivity contribution in [3.8, 4) is 17.0 Å². The maximum Gasteiger partial charge on any atom is 0.354 e. The molecule has 5 heteroatoms. The number of aromatic nitrogens is 2. The largest absolute Gasteiger partial charge is 0.497 e. The molecule has 0 saturated carbocycles. The van der Waals surface area contributed by atoms with Crippen molar-refractivity contribution in [1.82, 2.24) is 9.97 Å². The number of carboxylic acids is 1. The lowest BCUT2D eigenvalue weighted by atomic mass is 10.1. The summed E-state index contributed by atoms with van der Waals surface area (Å²) < 4.78 is 5.02. The quantitative estimate of drug-likeness (QED) is 0.823. The predicted molar refractivity (Wildman–Crippen MR) is 57.5 cm³/mol. The Balaban J connectivity index is 2.42. The first kappa shape index (κ1) is 10.2. The molecule has 2 N–H and O–H groups in total. The highest BCUT2D eigenvalue weighted by Gasteiger charge is 2.14. The summed E-state index contributed by atoms with van der Waals surface area (Å²) in [6.07, 6.45) is 1.36. The zero-order valence-corrected chi connectivity index (χ0v) is 8.60. The van der Waals surface area contributed by atoms with E-state index in [1.165, 1.54) is 6.33 Å². The molecule has 0 unspecified atom stereocenters. The van der Waals surface area contributed by atoms with Crippen molar-refractivity contribution in [3.05, 3.63) is 36.3 Å². The molecule has 1 aromatic carbocycles. The molecule has 0 saturated heterocycles. The second-order valence-corrected chi connectivity index (χ2v) is 3.16. The summed E-state index contributed by atoms with van der Waals surface area (Å²) in [5, 5.41) is 8.92. The minimum atomic E-state index is -1.02. The van der Waals surface area contributed by atoms with Gasteiger partial charge in [-0.3, -0.25) is 0 Å². The number of benzene rings is 1. The van der Waals surface area contributed by atoms with E-state index in [-0.39, 0.29) is 5.69 Å². The molecule has 16 heavy (non-hydrogen) atoms. The first-order valence-corrected chi connectivity index (χ1v) is 4.63. The van der Waals surface area contributed by atoms with Crippen molar-refractivity contribution in [3.63, 3.8) is 0 Å². The average Bonchev–Trinajstić information content (AvgIpc) is 2.78. The highest BCUT2D eigenvalue weighted by molar-refractivity contribution is 5.92. The van der Waals surface area contributed by atoms with Gasteiger partial charge in [0.1, 0.15) is 11.4 Å². The second kappa shape index (κ2) is 4.06. The van der Waals surface area contributed by atoms with Gasteiger partial charge in [-0.1, -0.05) is 0 Å². The van der Waals surface area contributed by atoms with Gasteiger partial charge >= 0.3 is 5.97 Å². The molecule has 1 heterocycles. The molecule has 82 valence electrons. The number of nitrogens with one attached hydrogen (secondary N) is 1. The molecule has 2 aromatic rings. The van der Waals surface area contributed by atoms with Gasteiger partial charge in [0.2, 0.25) is 0 Å². The number of aromatic carboxylic acids is 1. The Bertz CT molecular complexity index is 502. The summed E-state index contributed by atoms with van der Waals surface area (Å²) in [6.45, 7) is 0. The normalized spacial score (nSPS) is 10.1. The second-order valence-electron chi connectivity index (χ2n) is 3.16. The number of rotatable bonds is 3. The van der Waals surface area contributed by atoms with Crippen LogP contribution in [0.1, 0.15) is 10.5 Å². The van der Waals surface area contributed by atoms with Crippen LogP contribution in [0.3, 0.4) is 0 Å². The van der Waals surface area contributed by atoms with Gasteiger partial charge in [-0.05, 0) is 24.3 Å². The van der Waals surface area contributed by atoms with Crippen molar-refractivity contribution >= 4 is 5.97 Å². The predicted octanol–water partition coefficient (Wildman–Crippen LogP) is 1.78. The van der Waals surface area contributed by atoms with Crippen molar-refractivity contribution in [2.75, 3.05) is 7.11 Å². The van der Waals surface area contributed by atoms with Crippen molar-refractivity contribution < 1.29 is 14.6 Å². The van der Waals surface area contributed by atoms with E-state index in [2.05, 4.69) is 9.97 Å². The van der Waals surface area contributed by atoms with E-state index in [9.17, 15) is 4.79 Å². The van der Waals surface area contributed by atoms with Gasteiger partial charge in [0.05, 0.1) is 13.4 Å². The maximum atomic E-state index is 10.9. The van der Waals surface area contributed by atoms with Crippen LogP contribution < -0.4 is 4.74 Å². The van der Waals surface area contributed by atoms with Gasteiger partial charge in [-0.25, -0.2) is 9.78 Å². The highest BCUT2D eigenvalue weighted by Crippen LogP contribution is 2.22. The third-order valence-corrected chi connectivity index (χ3v) is 2.22. The summed E-state index contributed by atoms with van der Waals surface area (Å²) in [7, 11) is 1.58. The molecule has 1 aromatic heterocycles. The fraction of sp³-hybridized carbons (Fsp3) is 0.0909. The van der Waals surface area contributed by atoms with Crippen LogP contribution in [0.4, 0.5) is 0 Å². The van der Waals surface area contributed by atoms with Gasteiger partial charge in [0.15, 0.2) is 5.69 Å². The molecular formula is C11H10N2O3. The average molecular weight is 218 g/mol. The van der Waals surface area contributed by atoms with Crippen LogP contribution in [0.5, 0.6) is 5.75 Å². The Morgan fingerprint density at radius 1 is 1.38 bits per heavy atom. The molecular weight excluding hydrogens is 208 g/mol. The van der Waals surface area contributed by atoms with Gasteiger partial charge in [0.25, 0.3) is 0 Å². The smallest absolute Gasteiger partial charge is 0.354 e. The molecule has 0 bridgehead atoms. The number of hydrogen-bond acceptors (Lipinski definition) is 3. The number of carbonyl (C=O) groups is 1. The van der Waals surface area contributed by atoms with Gasteiger partial charge < -0.3 is 14.8 Å². The van der Waals surface area contributed by atoms with Crippen molar-refractivity contribution in [2.45, 2.75) is 0 Å². The van der Waals surface area contributed by atoms with E-state index in [0.717, 1.165) is 11.3 Å². The van der Waals surface area contributed by atoms with Gasteiger partial charge in [-0.2, -0.15) is 0 Å². The van der Waals surface area contributed by atoms with Crippen molar-refractivity contribution in [2.24, 2.45) is 0 Å². The summed E-state index contributed by atoms with van der Waals surface area (Å²) in [4.78, 5) is 17.5. The number of aromatic amines is 1. The molecule has 0 amide bonds. The topological polar surface area (TPSA) is 75.2 Å². The number of nitrogens with zero attached hydrogens (tertiary/aromatic N) is 1. The van der Waals surface area contributed by atoms with Crippen LogP contribution in [0.25, 0.3) is 11.3 Å². The molecule has 0 aliphatic carbocycles. The SMILES string of the molecule is COc1ccc(-c2nc[nH]c2C(=O)O)cc1. The summed E-state index contributed by atoms with van der Waals surface area (Å²) in [6, 6.07) is 7.05. The Labute approximate surface area is 91.7 Å². The van der Waals surface area contributed by atoms with Crippen LogP contribution in [0.15, 0.2) is 30.6 Å². The Morgan fingerprint density at radius 3 is 2.62 bits per heavy atom. The Morgan fingerprint density at radius 2 is 2.06 bits per heavy atom. The van der Waals surface area contributed by atoms with Crippen LogP contribution in [0, 0.1) is 0 Å². The molecule has 0 spiro atoms. The Kier molecular flexibility index (Phi) is 2.59. The minimum Gasteiger partial charge on any atom is -0.497 e. The number of carboxylic acid groups (broad SMARTS) is 1. The standard InChI is InChI=1S/C11H10N2O3/c1-16-8-4-2-7(3-5-8)9-10(11(14)15)13-6-12-9/h2-6H,1H3,(H,12,13)(H,14,15).